The van der Waals surface area contributed by atoms with Crippen LogP contribution in [0.15, 0.2) is 77.2 Å². The molecule has 1 aromatic heterocycles. The number of carbonyl (C=O) groups is 2. The van der Waals surface area contributed by atoms with Crippen LogP contribution in [0.1, 0.15) is 19.1 Å². The van der Waals surface area contributed by atoms with Gasteiger partial charge in [-0.25, -0.2) is 0 Å². The van der Waals surface area contributed by atoms with Gasteiger partial charge in [0.05, 0.1) is 6.42 Å². The average Bonchev–Trinajstić information content (AvgIpc) is 3.17. The molecule has 3 aromatic rings. The first-order chi connectivity index (χ1) is 13.1. The quantitative estimate of drug-likeness (QED) is 0.630. The maximum atomic E-state index is 12.1. The third-order valence-corrected chi connectivity index (χ3v) is 4.01. The maximum absolute atomic E-state index is 12.1. The van der Waals surface area contributed by atoms with Crippen LogP contribution in [0.25, 0.3) is 11.3 Å². The van der Waals surface area contributed by atoms with E-state index in [0.29, 0.717) is 17.9 Å². The van der Waals surface area contributed by atoms with Crippen molar-refractivity contribution in [3.63, 3.8) is 0 Å². The largest absolute Gasteiger partial charge is 0.461 e. The molecule has 0 fully saturated rings. The molecule has 3 rings (SSSR count). The predicted molar refractivity (Wildman–Crippen MR) is 103 cm³/mol. The Morgan fingerprint density at radius 1 is 0.963 bits per heavy atom. The monoisotopic (exact) mass is 363 g/mol. The average molecular weight is 363 g/mol. The van der Waals surface area contributed by atoms with E-state index in [1.807, 2.05) is 60.7 Å². The standard InChI is InChI=1S/C22H21NO4/c1-16(22(25)23-18-10-6-3-7-11-18)26-21(24)15-13-19-12-14-20(27-19)17-8-4-2-5-9-17/h2-12,14,16H,13,15H2,1H3,(H,23,25). The van der Waals surface area contributed by atoms with Crippen LogP contribution in [0, 0.1) is 0 Å². The summed E-state index contributed by atoms with van der Waals surface area (Å²) in [5.41, 5.74) is 1.65. The van der Waals surface area contributed by atoms with Crippen LogP contribution >= 0.6 is 0 Å². The first kappa shape index (κ1) is 18.5. The number of furan rings is 1. The van der Waals surface area contributed by atoms with Gasteiger partial charge in [0.15, 0.2) is 6.10 Å². The lowest BCUT2D eigenvalue weighted by Crippen LogP contribution is -2.30. The molecule has 1 N–H and O–H groups in total. The zero-order valence-corrected chi connectivity index (χ0v) is 15.1. The molecule has 0 saturated heterocycles. The Balaban J connectivity index is 1.47. The van der Waals surface area contributed by atoms with E-state index in [4.69, 9.17) is 9.15 Å². The first-order valence-electron chi connectivity index (χ1n) is 8.81. The molecule has 0 bridgehead atoms. The summed E-state index contributed by atoms with van der Waals surface area (Å²) in [5, 5.41) is 2.71. The molecular weight excluding hydrogens is 342 g/mol. The van der Waals surface area contributed by atoms with E-state index in [2.05, 4.69) is 5.32 Å². The lowest BCUT2D eigenvalue weighted by Gasteiger charge is -2.13. The van der Waals surface area contributed by atoms with Gasteiger partial charge in [0, 0.05) is 17.7 Å². The van der Waals surface area contributed by atoms with Crippen molar-refractivity contribution in [1.82, 2.24) is 0 Å². The van der Waals surface area contributed by atoms with Gasteiger partial charge in [-0.15, -0.1) is 0 Å². The number of hydrogen-bond donors (Lipinski definition) is 1. The normalized spacial score (nSPS) is 11.6. The zero-order chi connectivity index (χ0) is 19.1. The van der Waals surface area contributed by atoms with Crippen molar-refractivity contribution in [1.29, 1.82) is 0 Å². The van der Waals surface area contributed by atoms with Crippen LogP contribution in [0.2, 0.25) is 0 Å². The van der Waals surface area contributed by atoms with Crippen molar-refractivity contribution in [2.24, 2.45) is 0 Å². The molecule has 27 heavy (non-hydrogen) atoms. The maximum Gasteiger partial charge on any atom is 0.307 e. The molecule has 1 unspecified atom stereocenters. The van der Waals surface area contributed by atoms with Crippen molar-refractivity contribution in [2.75, 3.05) is 5.32 Å². The minimum atomic E-state index is -0.866. The van der Waals surface area contributed by atoms with Gasteiger partial charge in [-0.3, -0.25) is 9.59 Å². The van der Waals surface area contributed by atoms with E-state index in [-0.39, 0.29) is 12.3 Å². The van der Waals surface area contributed by atoms with Crippen molar-refractivity contribution in [2.45, 2.75) is 25.9 Å². The number of ether oxygens (including phenoxy) is 1. The number of anilines is 1. The predicted octanol–water partition coefficient (Wildman–Crippen LogP) is 4.45. The second-order valence-corrected chi connectivity index (χ2v) is 6.12. The second-order valence-electron chi connectivity index (χ2n) is 6.12. The lowest BCUT2D eigenvalue weighted by molar-refractivity contribution is -0.153. The van der Waals surface area contributed by atoms with E-state index >= 15 is 0 Å². The van der Waals surface area contributed by atoms with Gasteiger partial charge in [-0.2, -0.15) is 0 Å². The number of amides is 1. The number of hydrogen-bond acceptors (Lipinski definition) is 4. The van der Waals surface area contributed by atoms with Crippen molar-refractivity contribution in [3.8, 4) is 11.3 Å². The molecule has 1 atom stereocenters. The summed E-state index contributed by atoms with van der Waals surface area (Å²) in [5.74, 6) is 0.657. The van der Waals surface area contributed by atoms with Gasteiger partial charge in [0.25, 0.3) is 5.91 Å². The fraction of sp³-hybridized carbons (Fsp3) is 0.182. The topological polar surface area (TPSA) is 68.5 Å². The summed E-state index contributed by atoms with van der Waals surface area (Å²) >= 11 is 0. The molecule has 5 heteroatoms. The molecule has 0 aliphatic carbocycles. The number of rotatable bonds is 7. The molecule has 0 aliphatic rings. The van der Waals surface area contributed by atoms with E-state index in [1.54, 1.807) is 19.1 Å². The van der Waals surface area contributed by atoms with Crippen molar-refractivity contribution in [3.05, 3.63) is 78.6 Å². The third kappa shape index (κ3) is 5.31. The Hall–Kier alpha value is -3.34. The minimum Gasteiger partial charge on any atom is -0.461 e. The number of esters is 1. The fourth-order valence-electron chi connectivity index (χ4n) is 2.57. The van der Waals surface area contributed by atoms with E-state index in [0.717, 1.165) is 11.3 Å². The fourth-order valence-corrected chi connectivity index (χ4v) is 2.57. The second kappa shape index (κ2) is 8.85. The molecule has 0 radical (unpaired) electrons. The van der Waals surface area contributed by atoms with E-state index < -0.39 is 12.1 Å². The van der Waals surface area contributed by atoms with Gasteiger partial charge in [0.1, 0.15) is 11.5 Å². The van der Waals surface area contributed by atoms with Gasteiger partial charge < -0.3 is 14.5 Å². The Bertz CT molecular complexity index is 887. The van der Waals surface area contributed by atoms with Crippen LogP contribution in [0.4, 0.5) is 5.69 Å². The number of aryl methyl sites for hydroxylation is 1. The molecule has 0 aliphatic heterocycles. The highest BCUT2D eigenvalue weighted by Gasteiger charge is 2.18. The number of para-hydroxylation sites is 1. The van der Waals surface area contributed by atoms with Gasteiger partial charge in [-0.05, 0) is 31.2 Å². The number of nitrogens with one attached hydrogen (secondary N) is 1. The summed E-state index contributed by atoms with van der Waals surface area (Å²) in [7, 11) is 0. The highest BCUT2D eigenvalue weighted by atomic mass is 16.5. The first-order valence-corrected chi connectivity index (χ1v) is 8.81. The Morgan fingerprint density at radius 3 is 2.33 bits per heavy atom. The van der Waals surface area contributed by atoms with Crippen LogP contribution < -0.4 is 5.32 Å². The van der Waals surface area contributed by atoms with Gasteiger partial charge in [0.2, 0.25) is 0 Å². The van der Waals surface area contributed by atoms with Crippen LogP contribution in [-0.2, 0) is 20.7 Å². The summed E-state index contributed by atoms with van der Waals surface area (Å²) in [6.45, 7) is 1.55. The SMILES string of the molecule is CC(OC(=O)CCc1ccc(-c2ccccc2)o1)C(=O)Nc1ccccc1. The summed E-state index contributed by atoms with van der Waals surface area (Å²) in [4.78, 5) is 24.1. The minimum absolute atomic E-state index is 0.144. The summed E-state index contributed by atoms with van der Waals surface area (Å²) < 4.78 is 11.0. The van der Waals surface area contributed by atoms with E-state index in [1.165, 1.54) is 0 Å². The molecule has 1 heterocycles. The van der Waals surface area contributed by atoms with Crippen LogP contribution in [0.5, 0.6) is 0 Å². The van der Waals surface area contributed by atoms with Crippen LogP contribution in [0.3, 0.4) is 0 Å². The Kier molecular flexibility index (Phi) is 6.05. The Morgan fingerprint density at radius 2 is 1.63 bits per heavy atom. The summed E-state index contributed by atoms with van der Waals surface area (Å²) in [6.07, 6.45) is -0.308. The van der Waals surface area contributed by atoms with Gasteiger partial charge in [-0.1, -0.05) is 48.5 Å². The molecule has 138 valence electrons. The lowest BCUT2D eigenvalue weighted by atomic mass is 10.2. The highest BCUT2D eigenvalue weighted by Crippen LogP contribution is 2.22. The van der Waals surface area contributed by atoms with Crippen molar-refractivity contribution < 1.29 is 18.7 Å². The highest BCUT2D eigenvalue weighted by molar-refractivity contribution is 5.95. The van der Waals surface area contributed by atoms with E-state index in [9.17, 15) is 9.59 Å². The van der Waals surface area contributed by atoms with Crippen LogP contribution in [-0.4, -0.2) is 18.0 Å². The molecule has 2 aromatic carbocycles. The molecule has 0 spiro atoms. The molecule has 0 saturated carbocycles. The Labute approximate surface area is 158 Å². The zero-order valence-electron chi connectivity index (χ0n) is 15.1. The molecule has 5 nitrogen and oxygen atoms in total. The van der Waals surface area contributed by atoms with Crippen molar-refractivity contribution >= 4 is 17.6 Å². The molecular formula is C22H21NO4. The summed E-state index contributed by atoms with van der Waals surface area (Å²) in [6, 6.07) is 22.5. The third-order valence-electron chi connectivity index (χ3n) is 4.01. The smallest absolute Gasteiger partial charge is 0.307 e. The van der Waals surface area contributed by atoms with Gasteiger partial charge >= 0.3 is 5.97 Å². The molecule has 1 amide bonds. The number of benzene rings is 2. The number of carbonyl (C=O) groups excluding carboxylic acids is 2.